The average Bonchev–Trinajstić information content (AvgIpc) is 3.73. The van der Waals surface area contributed by atoms with Crippen molar-refractivity contribution >= 4 is 11.6 Å². The van der Waals surface area contributed by atoms with Gasteiger partial charge < -0.3 is 10.6 Å². The van der Waals surface area contributed by atoms with E-state index in [1.807, 2.05) is 72.8 Å². The van der Waals surface area contributed by atoms with Gasteiger partial charge in [-0.05, 0) is 57.6 Å². The van der Waals surface area contributed by atoms with Crippen LogP contribution in [0.3, 0.4) is 0 Å². The number of nitrogens with zero attached hydrogens (tertiary/aromatic N) is 1. The van der Waals surface area contributed by atoms with Gasteiger partial charge in [0, 0.05) is 11.3 Å². The molecular weight excluding hydrogens is 512 g/mol. The van der Waals surface area contributed by atoms with Crippen LogP contribution in [0.15, 0.2) is 170 Å². The van der Waals surface area contributed by atoms with Crippen LogP contribution in [0.1, 0.15) is 32.6 Å². The van der Waals surface area contributed by atoms with E-state index < -0.39 is 11.1 Å². The molecule has 6 aromatic rings. The SMILES string of the molecule is Nc1ccc(-c2ccc(C3(c4ccccc4)N(C(=O)c4ccccc4)C3(c3ccccc3)c3ccccc3)cc2)cc1. The molecule has 202 valence electrons. The van der Waals surface area contributed by atoms with Crippen LogP contribution >= 0.6 is 0 Å². The van der Waals surface area contributed by atoms with E-state index in [-0.39, 0.29) is 5.91 Å². The number of hydrogen-bond donors (Lipinski definition) is 1. The Labute approximate surface area is 246 Å². The van der Waals surface area contributed by atoms with E-state index in [4.69, 9.17) is 5.73 Å². The minimum Gasteiger partial charge on any atom is -0.399 e. The van der Waals surface area contributed by atoms with Gasteiger partial charge in [0.2, 0.25) is 0 Å². The molecule has 1 saturated heterocycles. The number of carbonyl (C=O) groups is 1. The zero-order valence-electron chi connectivity index (χ0n) is 23.1. The van der Waals surface area contributed by atoms with Crippen molar-refractivity contribution in [1.82, 2.24) is 4.90 Å². The fourth-order valence-electron chi connectivity index (χ4n) is 6.68. The summed E-state index contributed by atoms with van der Waals surface area (Å²) in [7, 11) is 0. The lowest BCUT2D eigenvalue weighted by molar-refractivity contribution is 0.0842. The maximum atomic E-state index is 14.8. The highest BCUT2D eigenvalue weighted by atomic mass is 16.2. The molecule has 0 bridgehead atoms. The number of nitrogen functional groups attached to an aromatic ring is 1. The normalized spacial score (nSPS) is 17.0. The molecule has 1 unspecified atom stereocenters. The number of amides is 1. The van der Waals surface area contributed by atoms with Gasteiger partial charge in [0.15, 0.2) is 0 Å². The summed E-state index contributed by atoms with van der Waals surface area (Å²) >= 11 is 0. The molecular formula is C39H30N2O. The van der Waals surface area contributed by atoms with E-state index in [9.17, 15) is 4.79 Å². The summed E-state index contributed by atoms with van der Waals surface area (Å²) in [6, 6.07) is 57.5. The highest BCUT2D eigenvalue weighted by Crippen LogP contribution is 2.71. The minimum absolute atomic E-state index is 0.0187. The van der Waals surface area contributed by atoms with Gasteiger partial charge in [-0.2, -0.15) is 0 Å². The van der Waals surface area contributed by atoms with Crippen molar-refractivity contribution in [3.8, 4) is 11.1 Å². The lowest BCUT2D eigenvalue weighted by Gasteiger charge is -2.24. The Morgan fingerprint density at radius 1 is 0.429 bits per heavy atom. The van der Waals surface area contributed by atoms with Crippen molar-refractivity contribution in [1.29, 1.82) is 0 Å². The van der Waals surface area contributed by atoms with Gasteiger partial charge in [-0.15, -0.1) is 0 Å². The fourth-order valence-corrected chi connectivity index (χ4v) is 6.68. The quantitative estimate of drug-likeness (QED) is 0.170. The molecule has 1 fully saturated rings. The lowest BCUT2D eigenvalue weighted by atomic mass is 9.73. The number of anilines is 1. The summed E-state index contributed by atoms with van der Waals surface area (Å²) < 4.78 is 0. The van der Waals surface area contributed by atoms with Gasteiger partial charge in [-0.25, -0.2) is 0 Å². The Hall–Kier alpha value is -5.41. The van der Waals surface area contributed by atoms with Gasteiger partial charge in [0.1, 0.15) is 11.1 Å². The fraction of sp³-hybridized carbons (Fsp3) is 0.0513. The predicted octanol–water partition coefficient (Wildman–Crippen LogP) is 8.28. The number of rotatable bonds is 6. The van der Waals surface area contributed by atoms with E-state index in [0.29, 0.717) is 5.56 Å². The summed E-state index contributed by atoms with van der Waals surface area (Å²) in [5.41, 5.74) is 12.2. The van der Waals surface area contributed by atoms with E-state index in [2.05, 4.69) is 102 Å². The van der Waals surface area contributed by atoms with Crippen LogP contribution in [-0.2, 0) is 11.1 Å². The summed E-state index contributed by atoms with van der Waals surface area (Å²) in [6.07, 6.45) is 0. The van der Waals surface area contributed by atoms with Crippen LogP contribution in [0.5, 0.6) is 0 Å². The van der Waals surface area contributed by atoms with Gasteiger partial charge in [0.25, 0.3) is 5.91 Å². The van der Waals surface area contributed by atoms with E-state index in [1.165, 1.54) is 0 Å². The monoisotopic (exact) mass is 542 g/mol. The largest absolute Gasteiger partial charge is 0.399 e. The van der Waals surface area contributed by atoms with Gasteiger partial charge >= 0.3 is 0 Å². The molecule has 0 aromatic heterocycles. The molecule has 3 heteroatoms. The molecule has 1 aliphatic rings. The van der Waals surface area contributed by atoms with Crippen molar-refractivity contribution in [3.63, 3.8) is 0 Å². The van der Waals surface area contributed by atoms with E-state index in [0.717, 1.165) is 39.1 Å². The Bertz CT molecular complexity index is 1780. The Balaban J connectivity index is 1.53. The predicted molar refractivity (Wildman–Crippen MR) is 170 cm³/mol. The van der Waals surface area contributed by atoms with Crippen LogP contribution in [0.4, 0.5) is 5.69 Å². The molecule has 1 amide bonds. The third-order valence-electron chi connectivity index (χ3n) is 8.49. The zero-order chi connectivity index (χ0) is 28.6. The summed E-state index contributed by atoms with van der Waals surface area (Å²) in [4.78, 5) is 16.9. The highest BCUT2D eigenvalue weighted by molar-refractivity contribution is 6.00. The molecule has 0 saturated carbocycles. The second kappa shape index (κ2) is 10.2. The summed E-state index contributed by atoms with van der Waals surface area (Å²) in [5, 5.41) is 0. The molecule has 2 N–H and O–H groups in total. The maximum Gasteiger partial charge on any atom is 0.256 e. The molecule has 1 aliphatic heterocycles. The van der Waals surface area contributed by atoms with Crippen LogP contribution in [0.2, 0.25) is 0 Å². The second-order valence-electron chi connectivity index (χ2n) is 10.7. The summed E-state index contributed by atoms with van der Waals surface area (Å²) in [5.74, 6) is -0.0187. The van der Waals surface area contributed by atoms with Gasteiger partial charge in [0.05, 0.1) is 0 Å². The molecule has 3 nitrogen and oxygen atoms in total. The van der Waals surface area contributed by atoms with Crippen molar-refractivity contribution in [2.24, 2.45) is 0 Å². The van der Waals surface area contributed by atoms with Crippen molar-refractivity contribution in [2.75, 3.05) is 5.73 Å². The topological polar surface area (TPSA) is 46.1 Å². The van der Waals surface area contributed by atoms with Gasteiger partial charge in [-0.1, -0.05) is 146 Å². The van der Waals surface area contributed by atoms with E-state index in [1.54, 1.807) is 0 Å². The molecule has 0 aliphatic carbocycles. The second-order valence-corrected chi connectivity index (χ2v) is 10.7. The number of benzene rings is 6. The average molecular weight is 543 g/mol. The van der Waals surface area contributed by atoms with Crippen LogP contribution in [0, 0.1) is 0 Å². The van der Waals surface area contributed by atoms with Gasteiger partial charge in [-0.3, -0.25) is 4.79 Å². The van der Waals surface area contributed by atoms with Crippen molar-refractivity contribution in [2.45, 2.75) is 11.1 Å². The molecule has 42 heavy (non-hydrogen) atoms. The zero-order valence-corrected chi connectivity index (χ0v) is 23.1. The first-order valence-electron chi connectivity index (χ1n) is 14.2. The smallest absolute Gasteiger partial charge is 0.256 e. The number of nitrogens with two attached hydrogens (primary N) is 1. The first kappa shape index (κ1) is 25.6. The molecule has 1 heterocycles. The maximum absolute atomic E-state index is 14.8. The third kappa shape index (κ3) is 3.78. The van der Waals surface area contributed by atoms with Crippen molar-refractivity contribution in [3.05, 3.63) is 198 Å². The Morgan fingerprint density at radius 2 is 0.762 bits per heavy atom. The first-order chi connectivity index (χ1) is 20.7. The summed E-state index contributed by atoms with van der Waals surface area (Å²) in [6.45, 7) is 0. The number of carbonyl (C=O) groups excluding carboxylic acids is 1. The molecule has 0 radical (unpaired) electrons. The number of hydrogen-bond acceptors (Lipinski definition) is 2. The molecule has 0 spiro atoms. The Morgan fingerprint density at radius 3 is 1.17 bits per heavy atom. The highest BCUT2D eigenvalue weighted by Gasteiger charge is 2.79. The minimum atomic E-state index is -0.802. The standard InChI is InChI=1S/C39H30N2O/c40-36-27-23-30(24-28-36)29-21-25-35(26-22-29)39(34-19-11-4-12-20-34)38(32-15-7-2-8-16-32,33-17-9-3-10-18-33)41(39)37(42)31-13-5-1-6-14-31/h1-28H,40H2. The Kier molecular flexibility index (Phi) is 6.21. The first-order valence-corrected chi connectivity index (χ1v) is 14.2. The molecule has 7 rings (SSSR count). The molecule has 1 atom stereocenters. The third-order valence-corrected chi connectivity index (χ3v) is 8.49. The van der Waals surface area contributed by atoms with Crippen molar-refractivity contribution < 1.29 is 4.79 Å². The van der Waals surface area contributed by atoms with Crippen LogP contribution in [0.25, 0.3) is 11.1 Å². The van der Waals surface area contributed by atoms with Crippen LogP contribution in [-0.4, -0.2) is 10.8 Å². The van der Waals surface area contributed by atoms with Crippen LogP contribution < -0.4 is 5.73 Å². The van der Waals surface area contributed by atoms with E-state index >= 15 is 0 Å². The molecule has 6 aromatic carbocycles. The lowest BCUT2D eigenvalue weighted by Crippen LogP contribution is -2.25.